The average molecular weight is 318 g/mol. The summed E-state index contributed by atoms with van der Waals surface area (Å²) in [5.41, 5.74) is 0. The van der Waals surface area contributed by atoms with E-state index in [0.29, 0.717) is 6.54 Å². The van der Waals surface area contributed by atoms with Crippen molar-refractivity contribution in [1.29, 1.82) is 0 Å². The number of likely N-dealkylation sites (N-methyl/N-ethyl adjacent to an activating group) is 1. The molecule has 1 amide bonds. The molecule has 1 aliphatic carbocycles. The van der Waals surface area contributed by atoms with E-state index in [9.17, 15) is 13.2 Å². The molecule has 0 saturated heterocycles. The molecule has 0 heterocycles. The lowest BCUT2D eigenvalue weighted by atomic mass is 10.1. The van der Waals surface area contributed by atoms with Crippen LogP contribution >= 0.6 is 0 Å². The van der Waals surface area contributed by atoms with E-state index in [0.717, 1.165) is 38.5 Å². The van der Waals surface area contributed by atoms with Crippen LogP contribution in [-0.4, -0.2) is 56.0 Å². The minimum atomic E-state index is -3.34. The van der Waals surface area contributed by atoms with Crippen LogP contribution in [0.15, 0.2) is 0 Å². The molecule has 0 aliphatic heterocycles. The Morgan fingerprint density at radius 1 is 1.14 bits per heavy atom. The molecule has 0 unspecified atom stereocenters. The van der Waals surface area contributed by atoms with Gasteiger partial charge < -0.3 is 4.90 Å². The maximum absolute atomic E-state index is 12.3. The largest absolute Gasteiger partial charge is 0.345 e. The number of carbonyl (C=O) groups is 1. The van der Waals surface area contributed by atoms with E-state index >= 15 is 0 Å². The summed E-state index contributed by atoms with van der Waals surface area (Å²) < 4.78 is 25.6. The number of nitrogens with zero attached hydrogens (tertiary/aromatic N) is 2. The second-order valence-corrected chi connectivity index (χ2v) is 8.06. The number of unbranched alkanes of at least 4 members (excludes halogenated alkanes) is 1. The summed E-state index contributed by atoms with van der Waals surface area (Å²) >= 11 is 0. The van der Waals surface area contributed by atoms with Gasteiger partial charge in [0.05, 0.1) is 12.8 Å². The lowest BCUT2D eigenvalue weighted by Crippen LogP contribution is -2.46. The highest BCUT2D eigenvalue weighted by atomic mass is 32.2. The minimum Gasteiger partial charge on any atom is -0.345 e. The van der Waals surface area contributed by atoms with E-state index < -0.39 is 10.0 Å². The summed E-state index contributed by atoms with van der Waals surface area (Å²) in [6, 6.07) is -0.00831. The molecule has 0 spiro atoms. The van der Waals surface area contributed by atoms with Crippen molar-refractivity contribution in [3.05, 3.63) is 0 Å². The van der Waals surface area contributed by atoms with Crippen LogP contribution < -0.4 is 0 Å². The number of sulfonamides is 1. The predicted octanol–water partition coefficient (Wildman–Crippen LogP) is 2.23. The fourth-order valence-corrected chi connectivity index (χ4v) is 3.93. The summed E-state index contributed by atoms with van der Waals surface area (Å²) in [4.78, 5) is 13.9. The Balaban J connectivity index is 2.72. The van der Waals surface area contributed by atoms with Gasteiger partial charge in [-0.3, -0.25) is 4.79 Å². The van der Waals surface area contributed by atoms with Crippen molar-refractivity contribution in [3.63, 3.8) is 0 Å². The number of hydrogen-bond acceptors (Lipinski definition) is 3. The molecule has 0 radical (unpaired) electrons. The Labute approximate surface area is 129 Å². The highest BCUT2D eigenvalue weighted by Crippen LogP contribution is 2.23. The molecule has 0 atom stereocenters. The predicted molar refractivity (Wildman–Crippen MR) is 85.6 cm³/mol. The molecule has 0 aromatic heterocycles. The van der Waals surface area contributed by atoms with Crippen LogP contribution in [0, 0.1) is 0 Å². The molecule has 1 fully saturated rings. The van der Waals surface area contributed by atoms with E-state index in [-0.39, 0.29) is 18.5 Å². The normalized spacial score (nSPS) is 17.7. The van der Waals surface area contributed by atoms with Crippen LogP contribution in [0.3, 0.4) is 0 Å². The molecule has 0 aromatic rings. The molecule has 0 bridgehead atoms. The van der Waals surface area contributed by atoms with Gasteiger partial charge in [0.1, 0.15) is 0 Å². The first-order valence-electron chi connectivity index (χ1n) is 8.07. The Morgan fingerprint density at radius 2 is 1.71 bits per heavy atom. The van der Waals surface area contributed by atoms with E-state index in [1.165, 1.54) is 23.4 Å². The van der Waals surface area contributed by atoms with Crippen LogP contribution in [0.1, 0.15) is 58.3 Å². The molecule has 124 valence electrons. The summed E-state index contributed by atoms with van der Waals surface area (Å²) in [7, 11) is -1.59. The average Bonchev–Trinajstić information content (AvgIpc) is 2.69. The monoisotopic (exact) mass is 318 g/mol. The first-order chi connectivity index (χ1) is 9.86. The maximum atomic E-state index is 12.3. The second-order valence-electron chi connectivity index (χ2n) is 6.12. The van der Waals surface area contributed by atoms with Crippen LogP contribution in [0.4, 0.5) is 0 Å². The van der Waals surface area contributed by atoms with Crippen molar-refractivity contribution in [2.75, 3.05) is 26.4 Å². The zero-order valence-electron chi connectivity index (χ0n) is 13.7. The third-order valence-electron chi connectivity index (χ3n) is 4.22. The van der Waals surface area contributed by atoms with Crippen LogP contribution in [-0.2, 0) is 14.8 Å². The van der Waals surface area contributed by atoms with Gasteiger partial charge in [-0.25, -0.2) is 8.42 Å². The molecule has 1 rings (SSSR count). The Kier molecular flexibility index (Phi) is 7.66. The quantitative estimate of drug-likeness (QED) is 0.676. The fourth-order valence-electron chi connectivity index (χ4n) is 2.84. The molecular weight excluding hydrogens is 288 g/mol. The summed E-state index contributed by atoms with van der Waals surface area (Å²) in [6.07, 6.45) is 9.37. The Hall–Kier alpha value is -0.620. The molecule has 0 aromatic carbocycles. The molecule has 5 nitrogen and oxygen atoms in total. The van der Waals surface area contributed by atoms with E-state index in [4.69, 9.17) is 0 Å². The highest BCUT2D eigenvalue weighted by molar-refractivity contribution is 7.88. The molecule has 1 aliphatic rings. The van der Waals surface area contributed by atoms with Gasteiger partial charge in [-0.05, 0) is 19.3 Å². The van der Waals surface area contributed by atoms with Gasteiger partial charge in [0.15, 0.2) is 0 Å². The first kappa shape index (κ1) is 18.4. The third-order valence-corrected chi connectivity index (χ3v) is 5.50. The van der Waals surface area contributed by atoms with Crippen LogP contribution in [0.25, 0.3) is 0 Å². The van der Waals surface area contributed by atoms with Crippen LogP contribution in [0.5, 0.6) is 0 Å². The number of rotatable bonds is 7. The van der Waals surface area contributed by atoms with E-state index in [1.54, 1.807) is 11.9 Å². The lowest BCUT2D eigenvalue weighted by molar-refractivity contribution is -0.130. The Bertz CT molecular complexity index is 415. The second kappa shape index (κ2) is 8.73. The van der Waals surface area contributed by atoms with Crippen molar-refractivity contribution in [2.24, 2.45) is 0 Å². The molecule has 1 saturated carbocycles. The highest BCUT2D eigenvalue weighted by Gasteiger charge is 2.29. The summed E-state index contributed by atoms with van der Waals surface area (Å²) in [5, 5.41) is 0. The Morgan fingerprint density at radius 3 is 2.19 bits per heavy atom. The van der Waals surface area contributed by atoms with Crippen molar-refractivity contribution < 1.29 is 13.2 Å². The van der Waals surface area contributed by atoms with Crippen molar-refractivity contribution in [1.82, 2.24) is 9.21 Å². The fraction of sp³-hybridized carbons (Fsp3) is 0.933. The van der Waals surface area contributed by atoms with Crippen molar-refractivity contribution >= 4 is 15.9 Å². The number of amides is 1. The van der Waals surface area contributed by atoms with Crippen molar-refractivity contribution in [2.45, 2.75) is 64.3 Å². The summed E-state index contributed by atoms with van der Waals surface area (Å²) in [5.74, 6) is -0.0990. The number of hydrogen-bond donors (Lipinski definition) is 0. The van der Waals surface area contributed by atoms with Gasteiger partial charge in [-0.1, -0.05) is 39.0 Å². The van der Waals surface area contributed by atoms with Gasteiger partial charge >= 0.3 is 0 Å². The zero-order valence-corrected chi connectivity index (χ0v) is 14.5. The van der Waals surface area contributed by atoms with Crippen LogP contribution in [0.2, 0.25) is 0 Å². The van der Waals surface area contributed by atoms with Gasteiger partial charge in [0.2, 0.25) is 15.9 Å². The number of carbonyl (C=O) groups excluding carboxylic acids is 1. The lowest BCUT2D eigenvalue weighted by Gasteiger charge is -2.30. The van der Waals surface area contributed by atoms with Crippen molar-refractivity contribution in [3.8, 4) is 0 Å². The topological polar surface area (TPSA) is 57.7 Å². The SMILES string of the molecule is CCCCN(C)C(=O)CN(C1CCCCCC1)S(C)(=O)=O. The molecule has 21 heavy (non-hydrogen) atoms. The molecular formula is C15H30N2O3S. The van der Waals surface area contributed by atoms with Gasteiger partial charge in [0, 0.05) is 19.6 Å². The standard InChI is InChI=1S/C15H30N2O3S/c1-4-5-12-16(2)15(18)13-17(21(3,19)20)14-10-8-6-7-9-11-14/h14H,4-13H2,1-3H3. The smallest absolute Gasteiger partial charge is 0.237 e. The van der Waals surface area contributed by atoms with Gasteiger partial charge in [-0.2, -0.15) is 4.31 Å². The molecule has 6 heteroatoms. The first-order valence-corrected chi connectivity index (χ1v) is 9.92. The summed E-state index contributed by atoms with van der Waals surface area (Å²) in [6.45, 7) is 2.76. The third kappa shape index (κ3) is 6.34. The maximum Gasteiger partial charge on any atom is 0.237 e. The van der Waals surface area contributed by atoms with E-state index in [2.05, 4.69) is 6.92 Å². The minimum absolute atomic E-state index is 0.00831. The van der Waals surface area contributed by atoms with Gasteiger partial charge in [-0.15, -0.1) is 0 Å². The molecule has 0 N–H and O–H groups in total. The zero-order chi connectivity index (χ0) is 15.9. The van der Waals surface area contributed by atoms with Gasteiger partial charge in [0.25, 0.3) is 0 Å². The van der Waals surface area contributed by atoms with E-state index in [1.807, 2.05) is 0 Å².